The Morgan fingerprint density at radius 1 is 1.44 bits per heavy atom. The lowest BCUT2D eigenvalue weighted by atomic mass is 10.3. The number of aromatic nitrogens is 1. The summed E-state index contributed by atoms with van der Waals surface area (Å²) in [6, 6.07) is 7.78. The van der Waals surface area contributed by atoms with Crippen molar-refractivity contribution in [3.05, 3.63) is 30.2 Å². The number of rotatable bonds is 4. The zero-order valence-corrected chi connectivity index (χ0v) is 9.55. The molecule has 0 radical (unpaired) electrons. The van der Waals surface area contributed by atoms with E-state index in [1.54, 1.807) is 0 Å². The Balaban J connectivity index is 2.26. The van der Waals surface area contributed by atoms with Gasteiger partial charge in [0.2, 0.25) is 5.89 Å². The fourth-order valence-corrected chi connectivity index (χ4v) is 1.61. The molecule has 0 saturated carbocycles. The SMILES string of the molecule is CC(c1nc2ccccc2o1)N(C)CCO. The van der Waals surface area contributed by atoms with Crippen molar-refractivity contribution in [1.82, 2.24) is 9.88 Å². The molecule has 1 heterocycles. The third-order valence-electron chi connectivity index (χ3n) is 2.78. The zero-order valence-electron chi connectivity index (χ0n) is 9.55. The molecule has 1 aromatic heterocycles. The van der Waals surface area contributed by atoms with Crippen LogP contribution in [-0.2, 0) is 0 Å². The molecule has 4 nitrogen and oxygen atoms in total. The van der Waals surface area contributed by atoms with Crippen LogP contribution in [0.25, 0.3) is 11.1 Å². The van der Waals surface area contributed by atoms with Gasteiger partial charge in [-0.2, -0.15) is 0 Å². The van der Waals surface area contributed by atoms with Gasteiger partial charge < -0.3 is 9.52 Å². The van der Waals surface area contributed by atoms with Gasteiger partial charge in [0.05, 0.1) is 12.6 Å². The van der Waals surface area contributed by atoms with Gasteiger partial charge in [-0.3, -0.25) is 4.90 Å². The van der Waals surface area contributed by atoms with Gasteiger partial charge in [0, 0.05) is 6.54 Å². The molecule has 16 heavy (non-hydrogen) atoms. The molecule has 0 aliphatic rings. The Morgan fingerprint density at radius 3 is 2.88 bits per heavy atom. The van der Waals surface area contributed by atoms with Crippen LogP contribution in [0.5, 0.6) is 0 Å². The number of aliphatic hydroxyl groups excluding tert-OH is 1. The largest absolute Gasteiger partial charge is 0.439 e. The minimum Gasteiger partial charge on any atom is -0.439 e. The number of oxazole rings is 1. The van der Waals surface area contributed by atoms with Crippen LogP contribution < -0.4 is 0 Å². The van der Waals surface area contributed by atoms with Gasteiger partial charge in [0.15, 0.2) is 5.58 Å². The fourth-order valence-electron chi connectivity index (χ4n) is 1.61. The lowest BCUT2D eigenvalue weighted by Crippen LogP contribution is -2.25. The predicted molar refractivity (Wildman–Crippen MR) is 62.1 cm³/mol. The third-order valence-corrected chi connectivity index (χ3v) is 2.78. The quantitative estimate of drug-likeness (QED) is 0.853. The van der Waals surface area contributed by atoms with Crippen LogP contribution in [0.2, 0.25) is 0 Å². The van der Waals surface area contributed by atoms with Crippen molar-refractivity contribution in [1.29, 1.82) is 0 Å². The standard InChI is InChI=1S/C12H16N2O2/c1-9(14(2)7-8-15)12-13-10-5-3-4-6-11(10)16-12/h3-6,9,15H,7-8H2,1-2H3. The van der Waals surface area contributed by atoms with Crippen molar-refractivity contribution < 1.29 is 9.52 Å². The monoisotopic (exact) mass is 220 g/mol. The van der Waals surface area contributed by atoms with Crippen LogP contribution in [0.4, 0.5) is 0 Å². The average Bonchev–Trinajstić information content (AvgIpc) is 2.71. The number of fused-ring (bicyclic) bond motifs is 1. The zero-order chi connectivity index (χ0) is 11.5. The summed E-state index contributed by atoms with van der Waals surface area (Å²) in [4.78, 5) is 6.43. The Hall–Kier alpha value is -1.39. The predicted octanol–water partition coefficient (Wildman–Crippen LogP) is 1.81. The second kappa shape index (κ2) is 4.63. The molecule has 0 fully saturated rings. The highest BCUT2D eigenvalue weighted by molar-refractivity contribution is 5.72. The molecular weight excluding hydrogens is 204 g/mol. The molecule has 0 saturated heterocycles. The maximum Gasteiger partial charge on any atom is 0.212 e. The molecule has 86 valence electrons. The Kier molecular flexibility index (Phi) is 3.22. The lowest BCUT2D eigenvalue weighted by molar-refractivity contribution is 0.173. The molecule has 0 spiro atoms. The van der Waals surface area contributed by atoms with Gasteiger partial charge in [-0.1, -0.05) is 12.1 Å². The molecule has 1 atom stereocenters. The molecule has 1 N–H and O–H groups in total. The maximum atomic E-state index is 8.88. The van der Waals surface area contributed by atoms with E-state index in [0.29, 0.717) is 12.4 Å². The summed E-state index contributed by atoms with van der Waals surface area (Å²) in [5.41, 5.74) is 1.68. The number of hydrogen-bond acceptors (Lipinski definition) is 4. The van der Waals surface area contributed by atoms with Gasteiger partial charge in [-0.25, -0.2) is 4.98 Å². The van der Waals surface area contributed by atoms with Crippen molar-refractivity contribution in [2.75, 3.05) is 20.2 Å². The van der Waals surface area contributed by atoms with Crippen LogP contribution in [0, 0.1) is 0 Å². The van der Waals surface area contributed by atoms with E-state index in [2.05, 4.69) is 4.98 Å². The Labute approximate surface area is 94.5 Å². The van der Waals surface area contributed by atoms with E-state index in [0.717, 1.165) is 11.1 Å². The molecular formula is C12H16N2O2. The topological polar surface area (TPSA) is 49.5 Å². The summed E-state index contributed by atoms with van der Waals surface area (Å²) in [7, 11) is 1.94. The number of benzene rings is 1. The highest BCUT2D eigenvalue weighted by atomic mass is 16.3. The first-order chi connectivity index (χ1) is 7.72. The first kappa shape index (κ1) is 11.1. The maximum absolute atomic E-state index is 8.88. The van der Waals surface area contributed by atoms with Crippen molar-refractivity contribution >= 4 is 11.1 Å². The first-order valence-corrected chi connectivity index (χ1v) is 5.39. The number of para-hydroxylation sites is 2. The summed E-state index contributed by atoms with van der Waals surface area (Å²) in [6.45, 7) is 2.77. The minimum absolute atomic E-state index is 0.0690. The summed E-state index contributed by atoms with van der Waals surface area (Å²) < 4.78 is 5.66. The minimum atomic E-state index is 0.0690. The second-order valence-electron chi connectivity index (χ2n) is 3.90. The Bertz CT molecular complexity index is 434. The van der Waals surface area contributed by atoms with Gasteiger partial charge in [-0.15, -0.1) is 0 Å². The van der Waals surface area contributed by atoms with E-state index in [9.17, 15) is 0 Å². The van der Waals surface area contributed by atoms with Crippen molar-refractivity contribution in [3.8, 4) is 0 Å². The van der Waals surface area contributed by atoms with Crippen molar-refractivity contribution in [3.63, 3.8) is 0 Å². The van der Waals surface area contributed by atoms with Gasteiger partial charge >= 0.3 is 0 Å². The van der Waals surface area contributed by atoms with Crippen LogP contribution >= 0.6 is 0 Å². The van der Waals surface area contributed by atoms with E-state index in [1.165, 1.54) is 0 Å². The van der Waals surface area contributed by atoms with Gasteiger partial charge in [0.1, 0.15) is 5.52 Å². The van der Waals surface area contributed by atoms with Crippen molar-refractivity contribution in [2.45, 2.75) is 13.0 Å². The van der Waals surface area contributed by atoms with E-state index < -0.39 is 0 Å². The first-order valence-electron chi connectivity index (χ1n) is 5.39. The number of nitrogens with zero attached hydrogens (tertiary/aromatic N) is 2. The molecule has 0 amide bonds. The molecule has 0 aliphatic heterocycles. The summed E-state index contributed by atoms with van der Waals surface area (Å²) in [5.74, 6) is 0.692. The molecule has 2 rings (SSSR count). The molecule has 1 unspecified atom stereocenters. The summed E-state index contributed by atoms with van der Waals surface area (Å²) in [6.07, 6.45) is 0. The Morgan fingerprint density at radius 2 is 2.19 bits per heavy atom. The normalized spacial score (nSPS) is 13.5. The lowest BCUT2D eigenvalue weighted by Gasteiger charge is -2.20. The molecule has 2 aromatic rings. The van der Waals surface area contributed by atoms with E-state index >= 15 is 0 Å². The molecule has 0 aliphatic carbocycles. The van der Waals surface area contributed by atoms with Crippen molar-refractivity contribution in [2.24, 2.45) is 0 Å². The average molecular weight is 220 g/mol. The summed E-state index contributed by atoms with van der Waals surface area (Å²) >= 11 is 0. The molecule has 4 heteroatoms. The van der Waals surface area contributed by atoms with E-state index in [4.69, 9.17) is 9.52 Å². The van der Waals surface area contributed by atoms with E-state index in [1.807, 2.05) is 43.1 Å². The van der Waals surface area contributed by atoms with Gasteiger partial charge in [0.25, 0.3) is 0 Å². The fraction of sp³-hybridized carbons (Fsp3) is 0.417. The van der Waals surface area contributed by atoms with Crippen LogP contribution in [0.1, 0.15) is 18.9 Å². The van der Waals surface area contributed by atoms with E-state index in [-0.39, 0.29) is 12.6 Å². The van der Waals surface area contributed by atoms with Crippen LogP contribution in [0.15, 0.2) is 28.7 Å². The second-order valence-corrected chi connectivity index (χ2v) is 3.90. The van der Waals surface area contributed by atoms with Gasteiger partial charge in [-0.05, 0) is 26.1 Å². The molecule has 1 aromatic carbocycles. The van der Waals surface area contributed by atoms with Crippen LogP contribution in [0.3, 0.4) is 0 Å². The number of likely N-dealkylation sites (N-methyl/N-ethyl adjacent to an activating group) is 1. The smallest absolute Gasteiger partial charge is 0.212 e. The highest BCUT2D eigenvalue weighted by Gasteiger charge is 2.17. The highest BCUT2D eigenvalue weighted by Crippen LogP contribution is 2.22. The van der Waals surface area contributed by atoms with Crippen LogP contribution in [-0.4, -0.2) is 35.2 Å². The molecule has 0 bridgehead atoms. The third kappa shape index (κ3) is 2.08. The number of aliphatic hydroxyl groups is 1. The number of hydrogen-bond donors (Lipinski definition) is 1. The summed E-state index contributed by atoms with van der Waals surface area (Å²) in [5, 5.41) is 8.88.